The smallest absolute Gasteiger partial charge is 0.335 e. The van der Waals surface area contributed by atoms with Crippen molar-refractivity contribution in [3.05, 3.63) is 64.4 Å². The summed E-state index contributed by atoms with van der Waals surface area (Å²) < 4.78 is 13.1. The zero-order valence-electron chi connectivity index (χ0n) is 10.7. The third-order valence-corrected chi connectivity index (χ3v) is 3.25. The van der Waals surface area contributed by atoms with Gasteiger partial charge in [-0.05, 0) is 48.9 Å². The zero-order chi connectivity index (χ0) is 14.7. The largest absolute Gasteiger partial charge is 0.478 e. The molecule has 2 N–H and O–H groups in total. The van der Waals surface area contributed by atoms with E-state index in [1.165, 1.54) is 18.2 Å². The summed E-state index contributed by atoms with van der Waals surface area (Å²) in [5.41, 5.74) is 1.86. The number of carboxylic acid groups (broad SMARTS) is 1. The third kappa shape index (κ3) is 3.27. The molecule has 1 atom stereocenters. The number of aromatic carboxylic acids is 1. The van der Waals surface area contributed by atoms with E-state index in [1.54, 1.807) is 24.3 Å². The van der Waals surface area contributed by atoms with E-state index in [9.17, 15) is 9.18 Å². The molecule has 0 saturated heterocycles. The molecule has 2 aromatic carbocycles. The highest BCUT2D eigenvalue weighted by atomic mass is 35.5. The Bertz CT molecular complexity index is 628. The minimum atomic E-state index is -0.963. The standard InChI is InChI=1S/C15H13ClFNO2/c1-9(11-4-7-14(17)13(16)8-11)18-12-5-2-10(3-6-12)15(19)20/h2-9,18H,1H3,(H,19,20). The van der Waals surface area contributed by atoms with Crippen molar-refractivity contribution in [1.29, 1.82) is 0 Å². The molecule has 2 rings (SSSR count). The maximum absolute atomic E-state index is 13.1. The van der Waals surface area contributed by atoms with E-state index in [4.69, 9.17) is 16.7 Å². The van der Waals surface area contributed by atoms with Crippen LogP contribution in [-0.2, 0) is 0 Å². The lowest BCUT2D eigenvalue weighted by Crippen LogP contribution is -2.07. The lowest BCUT2D eigenvalue weighted by atomic mass is 10.1. The fourth-order valence-electron chi connectivity index (χ4n) is 1.82. The van der Waals surface area contributed by atoms with Crippen LogP contribution in [0.4, 0.5) is 10.1 Å². The molecule has 1 unspecified atom stereocenters. The first-order valence-corrected chi connectivity index (χ1v) is 6.40. The number of halogens is 2. The predicted molar refractivity (Wildman–Crippen MR) is 76.8 cm³/mol. The van der Waals surface area contributed by atoms with E-state index in [-0.39, 0.29) is 16.6 Å². The van der Waals surface area contributed by atoms with Crippen LogP contribution in [0.15, 0.2) is 42.5 Å². The molecule has 0 amide bonds. The van der Waals surface area contributed by atoms with Crippen LogP contribution in [-0.4, -0.2) is 11.1 Å². The van der Waals surface area contributed by atoms with Crippen molar-refractivity contribution in [2.45, 2.75) is 13.0 Å². The molecule has 5 heteroatoms. The van der Waals surface area contributed by atoms with Crippen molar-refractivity contribution in [1.82, 2.24) is 0 Å². The van der Waals surface area contributed by atoms with Crippen LogP contribution >= 0.6 is 11.6 Å². The summed E-state index contributed by atoms with van der Waals surface area (Å²) in [6.07, 6.45) is 0. The molecule has 0 heterocycles. The summed E-state index contributed by atoms with van der Waals surface area (Å²) in [5.74, 6) is -1.41. The molecule has 0 fully saturated rings. The molecule has 0 aliphatic carbocycles. The second-order valence-electron chi connectivity index (χ2n) is 4.42. The quantitative estimate of drug-likeness (QED) is 0.881. The van der Waals surface area contributed by atoms with E-state index in [1.807, 2.05) is 6.92 Å². The van der Waals surface area contributed by atoms with Crippen molar-refractivity contribution >= 4 is 23.3 Å². The van der Waals surface area contributed by atoms with Crippen LogP contribution in [0.3, 0.4) is 0 Å². The number of nitrogens with one attached hydrogen (secondary N) is 1. The molecular weight excluding hydrogens is 281 g/mol. The summed E-state index contributed by atoms with van der Waals surface area (Å²) in [7, 11) is 0. The summed E-state index contributed by atoms with van der Waals surface area (Å²) in [6.45, 7) is 1.91. The lowest BCUT2D eigenvalue weighted by molar-refractivity contribution is 0.0697. The van der Waals surface area contributed by atoms with E-state index in [0.717, 1.165) is 11.3 Å². The van der Waals surface area contributed by atoms with Gasteiger partial charge in [0.25, 0.3) is 0 Å². The van der Waals surface area contributed by atoms with Gasteiger partial charge in [-0.1, -0.05) is 17.7 Å². The first kappa shape index (κ1) is 14.3. The van der Waals surface area contributed by atoms with Gasteiger partial charge in [0.1, 0.15) is 5.82 Å². The SMILES string of the molecule is CC(Nc1ccc(C(=O)O)cc1)c1ccc(F)c(Cl)c1. The molecule has 3 nitrogen and oxygen atoms in total. The van der Waals surface area contributed by atoms with Gasteiger partial charge in [0.2, 0.25) is 0 Å². The summed E-state index contributed by atoms with van der Waals surface area (Å²) >= 11 is 5.75. The predicted octanol–water partition coefficient (Wildman–Crippen LogP) is 4.35. The topological polar surface area (TPSA) is 49.3 Å². The minimum Gasteiger partial charge on any atom is -0.478 e. The second-order valence-corrected chi connectivity index (χ2v) is 4.83. The highest BCUT2D eigenvalue weighted by molar-refractivity contribution is 6.30. The molecule has 0 radical (unpaired) electrons. The number of hydrogen-bond donors (Lipinski definition) is 2. The second kappa shape index (κ2) is 5.92. The zero-order valence-corrected chi connectivity index (χ0v) is 11.5. The molecule has 0 saturated carbocycles. The van der Waals surface area contributed by atoms with Gasteiger partial charge in [-0.2, -0.15) is 0 Å². The van der Waals surface area contributed by atoms with Gasteiger partial charge in [0.05, 0.1) is 10.6 Å². The van der Waals surface area contributed by atoms with Crippen molar-refractivity contribution < 1.29 is 14.3 Å². The molecule has 20 heavy (non-hydrogen) atoms. The Morgan fingerprint density at radius 1 is 1.25 bits per heavy atom. The third-order valence-electron chi connectivity index (χ3n) is 2.96. The number of carboxylic acids is 1. The van der Waals surface area contributed by atoms with Gasteiger partial charge < -0.3 is 10.4 Å². The Labute approximate surface area is 121 Å². The Morgan fingerprint density at radius 3 is 2.45 bits per heavy atom. The average Bonchev–Trinajstić information content (AvgIpc) is 2.42. The molecule has 0 aliphatic rings. The van der Waals surface area contributed by atoms with E-state index >= 15 is 0 Å². The van der Waals surface area contributed by atoms with Crippen LogP contribution < -0.4 is 5.32 Å². The van der Waals surface area contributed by atoms with E-state index in [2.05, 4.69) is 5.32 Å². The number of rotatable bonds is 4. The van der Waals surface area contributed by atoms with Crippen LogP contribution in [0.1, 0.15) is 28.9 Å². The monoisotopic (exact) mass is 293 g/mol. The van der Waals surface area contributed by atoms with Gasteiger partial charge in [-0.25, -0.2) is 9.18 Å². The van der Waals surface area contributed by atoms with Gasteiger partial charge >= 0.3 is 5.97 Å². The van der Waals surface area contributed by atoms with Crippen LogP contribution in [0.5, 0.6) is 0 Å². The maximum Gasteiger partial charge on any atom is 0.335 e. The first-order chi connectivity index (χ1) is 9.47. The Balaban J connectivity index is 2.12. The number of hydrogen-bond acceptors (Lipinski definition) is 2. The van der Waals surface area contributed by atoms with Crippen molar-refractivity contribution in [3.8, 4) is 0 Å². The Hall–Kier alpha value is -2.07. The molecule has 0 bridgehead atoms. The molecule has 0 aromatic heterocycles. The average molecular weight is 294 g/mol. The molecule has 0 aliphatic heterocycles. The van der Waals surface area contributed by atoms with Crippen molar-refractivity contribution in [3.63, 3.8) is 0 Å². The fourth-order valence-corrected chi connectivity index (χ4v) is 2.01. The molecule has 2 aromatic rings. The minimum absolute atomic E-state index is 0.0798. The highest BCUT2D eigenvalue weighted by Crippen LogP contribution is 2.24. The van der Waals surface area contributed by atoms with Crippen molar-refractivity contribution in [2.24, 2.45) is 0 Å². The molecule has 0 spiro atoms. The number of carbonyl (C=O) groups is 1. The van der Waals surface area contributed by atoms with Crippen LogP contribution in [0.25, 0.3) is 0 Å². The summed E-state index contributed by atoms with van der Waals surface area (Å²) in [4.78, 5) is 10.8. The number of anilines is 1. The van der Waals surface area contributed by atoms with Gasteiger partial charge in [0, 0.05) is 11.7 Å². The van der Waals surface area contributed by atoms with Crippen LogP contribution in [0, 0.1) is 5.82 Å². The van der Waals surface area contributed by atoms with Crippen molar-refractivity contribution in [2.75, 3.05) is 5.32 Å². The number of benzene rings is 2. The molecule has 104 valence electrons. The van der Waals surface area contributed by atoms with E-state index in [0.29, 0.717) is 0 Å². The van der Waals surface area contributed by atoms with Gasteiger partial charge in [-0.15, -0.1) is 0 Å². The highest BCUT2D eigenvalue weighted by Gasteiger charge is 2.09. The van der Waals surface area contributed by atoms with Gasteiger partial charge in [0.15, 0.2) is 0 Å². The Morgan fingerprint density at radius 2 is 1.90 bits per heavy atom. The Kier molecular flexibility index (Phi) is 4.25. The first-order valence-electron chi connectivity index (χ1n) is 6.02. The summed E-state index contributed by atoms with van der Waals surface area (Å²) in [5, 5.41) is 12.1. The normalized spacial score (nSPS) is 11.9. The lowest BCUT2D eigenvalue weighted by Gasteiger charge is -2.16. The molecular formula is C15H13ClFNO2. The summed E-state index contributed by atoms with van der Waals surface area (Å²) in [6, 6.07) is 10.9. The van der Waals surface area contributed by atoms with Gasteiger partial charge in [-0.3, -0.25) is 0 Å². The fraction of sp³-hybridized carbons (Fsp3) is 0.133. The van der Waals surface area contributed by atoms with E-state index < -0.39 is 11.8 Å². The van der Waals surface area contributed by atoms with Crippen LogP contribution in [0.2, 0.25) is 5.02 Å². The maximum atomic E-state index is 13.1.